The van der Waals surface area contributed by atoms with Crippen molar-refractivity contribution < 1.29 is 9.66 Å². The van der Waals surface area contributed by atoms with Gasteiger partial charge < -0.3 is 10.1 Å². The molecule has 2 aromatic carbocycles. The lowest BCUT2D eigenvalue weighted by atomic mass is 10.1. The van der Waals surface area contributed by atoms with E-state index in [4.69, 9.17) is 10.00 Å². The fraction of sp³-hybridized carbons (Fsp3) is 0.316. The number of nitro groups is 1. The first-order chi connectivity index (χ1) is 12.7. The van der Waals surface area contributed by atoms with Gasteiger partial charge in [-0.25, -0.2) is 0 Å². The third kappa shape index (κ3) is 4.36. The fourth-order valence-corrected chi connectivity index (χ4v) is 2.98. The Bertz CT molecular complexity index is 826. The molecule has 0 aromatic heterocycles. The molecule has 1 fully saturated rings. The number of hydrogen-bond donors (Lipinski definition) is 1. The SMILES string of the molecule is N#Cc1ccc(NCc2ccccc2CN2CCOCC2)c([N+](=O)[O-])c1. The second-order valence-electron chi connectivity index (χ2n) is 6.11. The van der Waals surface area contributed by atoms with Crippen LogP contribution in [0, 0.1) is 21.4 Å². The second kappa shape index (κ2) is 8.43. The van der Waals surface area contributed by atoms with Crippen molar-refractivity contribution in [2.45, 2.75) is 13.1 Å². The number of nitrogens with zero attached hydrogens (tertiary/aromatic N) is 3. The van der Waals surface area contributed by atoms with Gasteiger partial charge in [-0.15, -0.1) is 0 Å². The molecule has 0 bridgehead atoms. The minimum atomic E-state index is -0.469. The zero-order valence-electron chi connectivity index (χ0n) is 14.4. The van der Waals surface area contributed by atoms with Gasteiger partial charge in [-0.2, -0.15) is 5.26 Å². The summed E-state index contributed by atoms with van der Waals surface area (Å²) >= 11 is 0. The van der Waals surface area contributed by atoms with Crippen LogP contribution in [-0.2, 0) is 17.8 Å². The smallest absolute Gasteiger partial charge is 0.293 e. The van der Waals surface area contributed by atoms with E-state index in [-0.39, 0.29) is 11.3 Å². The van der Waals surface area contributed by atoms with Crippen LogP contribution in [0.1, 0.15) is 16.7 Å². The summed E-state index contributed by atoms with van der Waals surface area (Å²) in [5.41, 5.74) is 2.88. The molecule has 0 atom stereocenters. The Morgan fingerprint density at radius 3 is 2.62 bits per heavy atom. The van der Waals surface area contributed by atoms with Crippen molar-refractivity contribution in [3.8, 4) is 6.07 Å². The van der Waals surface area contributed by atoms with Gasteiger partial charge in [-0.1, -0.05) is 24.3 Å². The highest BCUT2D eigenvalue weighted by molar-refractivity contribution is 5.64. The maximum atomic E-state index is 11.3. The zero-order chi connectivity index (χ0) is 18.4. The molecule has 0 unspecified atom stereocenters. The topological polar surface area (TPSA) is 91.4 Å². The molecule has 7 nitrogen and oxygen atoms in total. The number of morpholine rings is 1. The Labute approximate surface area is 152 Å². The first-order valence-electron chi connectivity index (χ1n) is 8.46. The highest BCUT2D eigenvalue weighted by Gasteiger charge is 2.16. The maximum Gasteiger partial charge on any atom is 0.293 e. The molecule has 26 heavy (non-hydrogen) atoms. The minimum Gasteiger partial charge on any atom is -0.379 e. The fourth-order valence-electron chi connectivity index (χ4n) is 2.98. The standard InChI is InChI=1S/C19H20N4O3/c20-12-15-5-6-18(19(11-15)23(24)25)21-13-16-3-1-2-4-17(16)14-22-7-9-26-10-8-22/h1-6,11,21H,7-10,13-14H2. The van der Waals surface area contributed by atoms with Gasteiger partial charge in [0, 0.05) is 32.2 Å². The van der Waals surface area contributed by atoms with Crippen molar-refractivity contribution >= 4 is 11.4 Å². The third-order valence-electron chi connectivity index (χ3n) is 4.41. The summed E-state index contributed by atoms with van der Waals surface area (Å²) in [4.78, 5) is 13.1. The quantitative estimate of drug-likeness (QED) is 0.635. The monoisotopic (exact) mass is 352 g/mol. The lowest BCUT2D eigenvalue weighted by Gasteiger charge is -2.27. The van der Waals surface area contributed by atoms with Crippen LogP contribution >= 0.6 is 0 Å². The Morgan fingerprint density at radius 2 is 1.92 bits per heavy atom. The van der Waals surface area contributed by atoms with E-state index in [1.165, 1.54) is 11.6 Å². The van der Waals surface area contributed by atoms with Gasteiger partial charge in [-0.3, -0.25) is 15.0 Å². The highest BCUT2D eigenvalue weighted by atomic mass is 16.6. The molecule has 1 heterocycles. The predicted octanol–water partition coefficient (Wildman–Crippen LogP) is 2.91. The van der Waals surface area contributed by atoms with E-state index >= 15 is 0 Å². The van der Waals surface area contributed by atoms with Crippen molar-refractivity contribution in [2.75, 3.05) is 31.6 Å². The summed E-state index contributed by atoms with van der Waals surface area (Å²) in [7, 11) is 0. The number of nitrogens with one attached hydrogen (secondary N) is 1. The summed E-state index contributed by atoms with van der Waals surface area (Å²) < 4.78 is 5.39. The molecular formula is C19H20N4O3. The molecule has 0 radical (unpaired) electrons. The van der Waals surface area contributed by atoms with Crippen molar-refractivity contribution in [1.82, 2.24) is 4.90 Å². The third-order valence-corrected chi connectivity index (χ3v) is 4.41. The van der Waals surface area contributed by atoms with E-state index in [1.807, 2.05) is 24.3 Å². The molecule has 7 heteroatoms. The van der Waals surface area contributed by atoms with Crippen LogP contribution in [0.2, 0.25) is 0 Å². The van der Waals surface area contributed by atoms with Crippen LogP contribution in [0.15, 0.2) is 42.5 Å². The first-order valence-corrected chi connectivity index (χ1v) is 8.46. The number of benzene rings is 2. The van der Waals surface area contributed by atoms with Crippen LogP contribution in [0.4, 0.5) is 11.4 Å². The molecule has 2 aromatic rings. The summed E-state index contributed by atoms with van der Waals surface area (Å²) in [5, 5.41) is 23.3. The Balaban J connectivity index is 1.74. The van der Waals surface area contributed by atoms with Crippen LogP contribution < -0.4 is 5.32 Å². The van der Waals surface area contributed by atoms with Crippen molar-refractivity contribution in [1.29, 1.82) is 5.26 Å². The van der Waals surface area contributed by atoms with Crippen LogP contribution in [-0.4, -0.2) is 36.1 Å². The number of nitriles is 1. The lowest BCUT2D eigenvalue weighted by Crippen LogP contribution is -2.35. The van der Waals surface area contributed by atoms with Gasteiger partial charge in [-0.05, 0) is 23.3 Å². The maximum absolute atomic E-state index is 11.3. The highest BCUT2D eigenvalue weighted by Crippen LogP contribution is 2.26. The Morgan fingerprint density at radius 1 is 1.19 bits per heavy atom. The van der Waals surface area contributed by atoms with Crippen molar-refractivity contribution in [2.24, 2.45) is 0 Å². The van der Waals surface area contributed by atoms with Gasteiger partial charge in [0.25, 0.3) is 5.69 Å². The normalized spacial score (nSPS) is 14.6. The van der Waals surface area contributed by atoms with E-state index < -0.39 is 4.92 Å². The number of hydrogen-bond acceptors (Lipinski definition) is 6. The summed E-state index contributed by atoms with van der Waals surface area (Å²) in [6, 6.07) is 14.5. The van der Waals surface area contributed by atoms with Crippen molar-refractivity contribution in [3.05, 3.63) is 69.3 Å². The number of rotatable bonds is 6. The molecule has 1 N–H and O–H groups in total. The van der Waals surface area contributed by atoms with Crippen LogP contribution in [0.5, 0.6) is 0 Å². The van der Waals surface area contributed by atoms with Gasteiger partial charge in [0.2, 0.25) is 0 Å². The van der Waals surface area contributed by atoms with Crippen LogP contribution in [0.3, 0.4) is 0 Å². The van der Waals surface area contributed by atoms with Gasteiger partial charge in [0.1, 0.15) is 5.69 Å². The molecule has 134 valence electrons. The van der Waals surface area contributed by atoms with Gasteiger partial charge in [0.05, 0.1) is 29.8 Å². The molecule has 1 saturated heterocycles. The molecule has 0 spiro atoms. The summed E-state index contributed by atoms with van der Waals surface area (Å²) in [6.45, 7) is 4.62. The summed E-state index contributed by atoms with van der Waals surface area (Å²) in [6.07, 6.45) is 0. The molecule has 1 aliphatic rings. The Kier molecular flexibility index (Phi) is 5.79. The lowest BCUT2D eigenvalue weighted by molar-refractivity contribution is -0.384. The minimum absolute atomic E-state index is 0.0882. The van der Waals surface area contributed by atoms with E-state index in [9.17, 15) is 10.1 Å². The largest absolute Gasteiger partial charge is 0.379 e. The molecule has 1 aliphatic heterocycles. The first kappa shape index (κ1) is 17.9. The van der Waals surface area contributed by atoms with Crippen molar-refractivity contribution in [3.63, 3.8) is 0 Å². The molecule has 0 amide bonds. The number of nitro benzene ring substituents is 1. The molecule has 0 saturated carbocycles. The molecular weight excluding hydrogens is 332 g/mol. The van der Waals surface area contributed by atoms with E-state index in [0.717, 1.165) is 38.4 Å². The van der Waals surface area contributed by atoms with E-state index in [2.05, 4.69) is 16.3 Å². The van der Waals surface area contributed by atoms with E-state index in [1.54, 1.807) is 12.1 Å². The predicted molar refractivity (Wildman–Crippen MR) is 97.7 cm³/mol. The molecule has 0 aliphatic carbocycles. The summed E-state index contributed by atoms with van der Waals surface area (Å²) in [5.74, 6) is 0. The van der Waals surface area contributed by atoms with Crippen LogP contribution in [0.25, 0.3) is 0 Å². The average Bonchev–Trinajstić information content (AvgIpc) is 2.68. The number of ether oxygens (including phenoxy) is 1. The van der Waals surface area contributed by atoms with E-state index in [0.29, 0.717) is 12.2 Å². The second-order valence-corrected chi connectivity index (χ2v) is 6.11. The van der Waals surface area contributed by atoms with Gasteiger partial charge >= 0.3 is 0 Å². The Hall–Kier alpha value is -2.95. The zero-order valence-corrected chi connectivity index (χ0v) is 14.4. The average molecular weight is 352 g/mol. The van der Waals surface area contributed by atoms with Gasteiger partial charge in [0.15, 0.2) is 0 Å². The molecule has 3 rings (SSSR count). The number of anilines is 1.